The molecule has 7 nitrogen and oxygen atoms in total. The Morgan fingerprint density at radius 1 is 1.32 bits per heavy atom. The van der Waals surface area contributed by atoms with Crippen LogP contribution >= 0.6 is 11.3 Å². The van der Waals surface area contributed by atoms with E-state index in [9.17, 15) is 9.59 Å². The molecule has 1 N–H and O–H groups in total. The van der Waals surface area contributed by atoms with E-state index in [1.54, 1.807) is 17.8 Å². The summed E-state index contributed by atoms with van der Waals surface area (Å²) in [7, 11) is 0. The molecule has 1 saturated heterocycles. The van der Waals surface area contributed by atoms with Gasteiger partial charge in [0, 0.05) is 49.1 Å². The predicted molar refractivity (Wildman–Crippen MR) is 97.2 cm³/mol. The molecule has 1 atom stereocenters. The molecule has 3 aromatic rings. The van der Waals surface area contributed by atoms with Crippen LogP contribution in [-0.2, 0) is 0 Å². The van der Waals surface area contributed by atoms with E-state index in [-0.39, 0.29) is 17.5 Å². The summed E-state index contributed by atoms with van der Waals surface area (Å²) in [5, 5.41) is 2.12. The van der Waals surface area contributed by atoms with Gasteiger partial charge in [-0.2, -0.15) is 0 Å². The van der Waals surface area contributed by atoms with Gasteiger partial charge in [0.05, 0.1) is 17.3 Å². The lowest BCUT2D eigenvalue weighted by molar-refractivity contribution is 0.0728. The van der Waals surface area contributed by atoms with E-state index in [1.165, 1.54) is 17.7 Å². The summed E-state index contributed by atoms with van der Waals surface area (Å²) in [6.07, 6.45) is 4.91. The fourth-order valence-electron chi connectivity index (χ4n) is 3.27. The second-order valence-corrected chi connectivity index (χ2v) is 6.92. The maximum atomic E-state index is 12.9. The molecule has 1 unspecified atom stereocenters. The Balaban J connectivity index is 1.57. The van der Waals surface area contributed by atoms with Gasteiger partial charge < -0.3 is 14.8 Å². The van der Waals surface area contributed by atoms with Crippen LogP contribution in [-0.4, -0.2) is 51.4 Å². The van der Waals surface area contributed by atoms with Crippen molar-refractivity contribution in [3.63, 3.8) is 0 Å². The molecule has 0 aliphatic carbocycles. The monoisotopic (exact) mass is 355 g/mol. The molecular formula is C17H17N5O2S. The van der Waals surface area contributed by atoms with Crippen molar-refractivity contribution in [2.24, 2.45) is 0 Å². The van der Waals surface area contributed by atoms with Crippen molar-refractivity contribution in [3.8, 4) is 0 Å². The average Bonchev–Trinajstić information content (AvgIpc) is 3.07. The van der Waals surface area contributed by atoms with Crippen LogP contribution < -0.4 is 10.5 Å². The van der Waals surface area contributed by atoms with E-state index in [1.807, 2.05) is 17.0 Å². The predicted octanol–water partition coefficient (Wildman–Crippen LogP) is 1.73. The molecule has 3 aromatic heterocycles. The molecule has 1 fully saturated rings. The smallest absolute Gasteiger partial charge is 0.260 e. The zero-order chi connectivity index (χ0) is 17.4. The number of nitrogens with one attached hydrogen (secondary N) is 1. The summed E-state index contributed by atoms with van der Waals surface area (Å²) in [5.74, 6) is -0.106. The van der Waals surface area contributed by atoms with Crippen LogP contribution in [0.4, 0.5) is 5.69 Å². The maximum absolute atomic E-state index is 12.9. The van der Waals surface area contributed by atoms with Crippen LogP contribution in [0.5, 0.6) is 0 Å². The topological polar surface area (TPSA) is 82.2 Å². The van der Waals surface area contributed by atoms with Crippen molar-refractivity contribution in [3.05, 3.63) is 52.2 Å². The number of carbonyl (C=O) groups excluding carboxylic acids is 1. The van der Waals surface area contributed by atoms with Crippen LogP contribution in [0.3, 0.4) is 0 Å². The van der Waals surface area contributed by atoms with Gasteiger partial charge >= 0.3 is 0 Å². The number of pyridine rings is 1. The molecular weight excluding hydrogens is 338 g/mol. The van der Waals surface area contributed by atoms with Crippen molar-refractivity contribution in [2.45, 2.75) is 13.0 Å². The number of H-pyrrole nitrogens is 1. The third-order valence-electron chi connectivity index (χ3n) is 4.52. The molecule has 0 radical (unpaired) electrons. The Bertz CT molecular complexity index is 968. The molecule has 0 spiro atoms. The molecule has 1 aliphatic heterocycles. The number of rotatable bonds is 2. The van der Waals surface area contributed by atoms with Crippen molar-refractivity contribution >= 4 is 33.1 Å². The Kier molecular flexibility index (Phi) is 3.96. The molecule has 0 bridgehead atoms. The molecule has 128 valence electrons. The fourth-order valence-corrected chi connectivity index (χ4v) is 4.15. The van der Waals surface area contributed by atoms with Crippen molar-refractivity contribution in [2.75, 3.05) is 24.5 Å². The third-order valence-corrected chi connectivity index (χ3v) is 5.40. The Hall–Kier alpha value is -2.74. The van der Waals surface area contributed by atoms with Crippen LogP contribution in [0.1, 0.15) is 17.3 Å². The third kappa shape index (κ3) is 2.78. The molecule has 1 amide bonds. The lowest BCUT2D eigenvalue weighted by Gasteiger charge is -2.41. The van der Waals surface area contributed by atoms with Crippen molar-refractivity contribution in [1.82, 2.24) is 19.9 Å². The number of aromatic nitrogens is 3. The number of piperazine rings is 1. The SMILES string of the molecule is CC1CN(C(=O)c2csc3nc[nH]c(=O)c23)CCN1c1ccncc1. The van der Waals surface area contributed by atoms with Crippen LogP contribution in [0, 0.1) is 0 Å². The van der Waals surface area contributed by atoms with E-state index in [0.29, 0.717) is 28.9 Å². The van der Waals surface area contributed by atoms with E-state index >= 15 is 0 Å². The summed E-state index contributed by atoms with van der Waals surface area (Å²) in [6.45, 7) is 4.06. The van der Waals surface area contributed by atoms with E-state index < -0.39 is 0 Å². The first kappa shape index (κ1) is 15.8. The number of amides is 1. The first-order valence-corrected chi connectivity index (χ1v) is 8.94. The van der Waals surface area contributed by atoms with E-state index in [4.69, 9.17) is 0 Å². The Labute approximate surface area is 147 Å². The van der Waals surface area contributed by atoms with Gasteiger partial charge in [-0.1, -0.05) is 0 Å². The molecule has 25 heavy (non-hydrogen) atoms. The van der Waals surface area contributed by atoms with Crippen molar-refractivity contribution in [1.29, 1.82) is 0 Å². The minimum Gasteiger partial charge on any atom is -0.365 e. The number of thiophene rings is 1. The van der Waals surface area contributed by atoms with E-state index in [2.05, 4.69) is 26.8 Å². The molecule has 4 rings (SSSR count). The van der Waals surface area contributed by atoms with Crippen LogP contribution in [0.2, 0.25) is 0 Å². The number of fused-ring (bicyclic) bond motifs is 1. The number of aromatic amines is 1. The number of hydrogen-bond donors (Lipinski definition) is 1. The number of carbonyl (C=O) groups is 1. The van der Waals surface area contributed by atoms with Gasteiger partial charge in [-0.25, -0.2) is 4.98 Å². The highest BCUT2D eigenvalue weighted by molar-refractivity contribution is 7.17. The van der Waals surface area contributed by atoms with Gasteiger partial charge in [0.2, 0.25) is 0 Å². The standard InChI is InChI=1S/C17H17N5O2S/c1-11-8-21(6-7-22(11)12-2-4-18-5-3-12)17(24)13-9-25-16-14(13)15(23)19-10-20-16/h2-5,9-11H,6-8H2,1H3,(H,19,20,23). The highest BCUT2D eigenvalue weighted by Gasteiger charge is 2.29. The fraction of sp³-hybridized carbons (Fsp3) is 0.294. The number of nitrogens with zero attached hydrogens (tertiary/aromatic N) is 4. The first-order chi connectivity index (χ1) is 12.1. The normalized spacial score (nSPS) is 17.9. The number of hydrogen-bond acceptors (Lipinski definition) is 6. The summed E-state index contributed by atoms with van der Waals surface area (Å²) in [6, 6.07) is 4.14. The number of anilines is 1. The summed E-state index contributed by atoms with van der Waals surface area (Å²) in [5.41, 5.74) is 1.29. The highest BCUT2D eigenvalue weighted by atomic mass is 32.1. The van der Waals surface area contributed by atoms with E-state index in [0.717, 1.165) is 12.2 Å². The van der Waals surface area contributed by atoms with Gasteiger partial charge in [0.25, 0.3) is 11.5 Å². The zero-order valence-electron chi connectivity index (χ0n) is 13.7. The zero-order valence-corrected chi connectivity index (χ0v) is 14.5. The Morgan fingerprint density at radius 2 is 2.12 bits per heavy atom. The van der Waals surface area contributed by atoms with Crippen LogP contribution in [0.25, 0.3) is 10.2 Å². The summed E-state index contributed by atoms with van der Waals surface area (Å²) in [4.78, 5) is 40.4. The largest absolute Gasteiger partial charge is 0.365 e. The quantitative estimate of drug-likeness (QED) is 0.757. The molecule has 4 heterocycles. The average molecular weight is 355 g/mol. The van der Waals surface area contributed by atoms with Gasteiger partial charge in [-0.15, -0.1) is 11.3 Å². The second-order valence-electron chi connectivity index (χ2n) is 6.06. The molecule has 1 aliphatic rings. The van der Waals surface area contributed by atoms with Crippen LogP contribution in [0.15, 0.2) is 41.0 Å². The van der Waals surface area contributed by atoms with Gasteiger partial charge in [0.15, 0.2) is 0 Å². The Morgan fingerprint density at radius 3 is 2.88 bits per heavy atom. The minimum absolute atomic E-state index is 0.106. The summed E-state index contributed by atoms with van der Waals surface area (Å²) < 4.78 is 0. The second kappa shape index (κ2) is 6.29. The first-order valence-electron chi connectivity index (χ1n) is 8.06. The molecule has 8 heteroatoms. The van der Waals surface area contributed by atoms with Gasteiger partial charge in [-0.3, -0.25) is 14.6 Å². The molecule has 0 aromatic carbocycles. The van der Waals surface area contributed by atoms with Gasteiger partial charge in [0.1, 0.15) is 4.83 Å². The van der Waals surface area contributed by atoms with Crippen molar-refractivity contribution < 1.29 is 4.79 Å². The lowest BCUT2D eigenvalue weighted by atomic mass is 10.1. The van der Waals surface area contributed by atoms with Gasteiger partial charge in [-0.05, 0) is 19.1 Å². The summed E-state index contributed by atoms with van der Waals surface area (Å²) >= 11 is 1.32. The maximum Gasteiger partial charge on any atom is 0.260 e. The minimum atomic E-state index is -0.266. The lowest BCUT2D eigenvalue weighted by Crippen LogP contribution is -2.53. The highest BCUT2D eigenvalue weighted by Crippen LogP contribution is 2.24. The molecule has 0 saturated carbocycles.